The van der Waals surface area contributed by atoms with Gasteiger partial charge in [-0.2, -0.15) is 0 Å². The van der Waals surface area contributed by atoms with Crippen LogP contribution in [0.1, 0.15) is 57.1 Å². The second-order valence-corrected chi connectivity index (χ2v) is 9.73. The van der Waals surface area contributed by atoms with Gasteiger partial charge in [0.1, 0.15) is 12.4 Å². The van der Waals surface area contributed by atoms with Crippen molar-refractivity contribution in [3.05, 3.63) is 107 Å². The van der Waals surface area contributed by atoms with E-state index in [1.807, 2.05) is 42.5 Å². The molecular weight excluding hydrogens is 436 g/mol. The molecule has 184 valence electrons. The Morgan fingerprint density at radius 3 is 2.23 bits per heavy atom. The number of nitrogens with two attached hydrogens (primary N) is 2. The van der Waals surface area contributed by atoms with Gasteiger partial charge in [0, 0.05) is 23.0 Å². The number of benzene rings is 1. The van der Waals surface area contributed by atoms with E-state index in [9.17, 15) is 5.11 Å². The van der Waals surface area contributed by atoms with Crippen LogP contribution in [0.2, 0.25) is 0 Å². The molecule has 0 aliphatic rings. The zero-order valence-electron chi connectivity index (χ0n) is 21.2. The molecule has 0 aliphatic carbocycles. The highest BCUT2D eigenvalue weighted by Gasteiger charge is 2.34. The van der Waals surface area contributed by atoms with Crippen molar-refractivity contribution in [2.24, 2.45) is 17.4 Å². The molecule has 2 heterocycles. The van der Waals surface area contributed by atoms with Crippen molar-refractivity contribution in [3.63, 3.8) is 0 Å². The Kier molecular flexibility index (Phi) is 7.97. The molecule has 6 nitrogen and oxygen atoms in total. The summed E-state index contributed by atoms with van der Waals surface area (Å²) < 4.78 is 5.85. The van der Waals surface area contributed by atoms with Crippen LogP contribution >= 0.6 is 0 Å². The average Bonchev–Trinajstić information content (AvgIpc) is 2.85. The van der Waals surface area contributed by atoms with E-state index >= 15 is 0 Å². The van der Waals surface area contributed by atoms with Gasteiger partial charge in [-0.15, -0.1) is 0 Å². The van der Waals surface area contributed by atoms with Crippen molar-refractivity contribution >= 4 is 5.70 Å². The van der Waals surface area contributed by atoms with E-state index in [2.05, 4.69) is 37.9 Å². The first-order valence-electron chi connectivity index (χ1n) is 11.8. The molecule has 5 N–H and O–H groups in total. The molecule has 1 unspecified atom stereocenters. The molecule has 2 aromatic heterocycles. The summed E-state index contributed by atoms with van der Waals surface area (Å²) in [4.78, 5) is 9.05. The van der Waals surface area contributed by atoms with Gasteiger partial charge in [0.2, 0.25) is 0 Å². The van der Waals surface area contributed by atoms with Gasteiger partial charge in [-0.25, -0.2) is 0 Å². The number of aliphatic hydroxyl groups is 1. The van der Waals surface area contributed by atoms with Crippen LogP contribution < -0.4 is 16.2 Å². The van der Waals surface area contributed by atoms with Gasteiger partial charge in [-0.05, 0) is 74.2 Å². The zero-order valence-corrected chi connectivity index (χ0v) is 21.2. The summed E-state index contributed by atoms with van der Waals surface area (Å²) in [7, 11) is 0. The molecule has 0 aliphatic heterocycles. The van der Waals surface area contributed by atoms with Gasteiger partial charge < -0.3 is 21.3 Å². The molecule has 6 heteroatoms. The second-order valence-electron chi connectivity index (χ2n) is 9.73. The zero-order chi connectivity index (χ0) is 25.6. The summed E-state index contributed by atoms with van der Waals surface area (Å²) in [6, 6.07) is 17.9. The molecule has 0 radical (unpaired) electrons. The SMILES string of the molecule is CC(C)C(C)(c1ccc(/C(N)=C/C=C(\N)C(C)(C)O)cc1)c1ccc(OCc2ccccn2)cn1. The highest BCUT2D eigenvalue weighted by atomic mass is 16.5. The Labute approximate surface area is 208 Å². The predicted molar refractivity (Wildman–Crippen MR) is 141 cm³/mol. The van der Waals surface area contributed by atoms with E-state index < -0.39 is 5.60 Å². The van der Waals surface area contributed by atoms with E-state index in [0.717, 1.165) is 22.5 Å². The van der Waals surface area contributed by atoms with Crippen LogP contribution in [0.15, 0.2) is 84.8 Å². The van der Waals surface area contributed by atoms with Crippen molar-refractivity contribution in [2.45, 2.75) is 52.2 Å². The van der Waals surface area contributed by atoms with Gasteiger partial charge in [-0.3, -0.25) is 9.97 Å². The first-order valence-corrected chi connectivity index (χ1v) is 11.8. The highest BCUT2D eigenvalue weighted by Crippen LogP contribution is 2.38. The molecule has 1 aromatic carbocycles. The van der Waals surface area contributed by atoms with E-state index in [1.54, 1.807) is 38.4 Å². The number of nitrogens with zero attached hydrogens (tertiary/aromatic N) is 2. The number of aromatic nitrogens is 2. The first-order chi connectivity index (χ1) is 16.5. The molecule has 0 bridgehead atoms. The molecule has 0 spiro atoms. The maximum absolute atomic E-state index is 9.98. The lowest BCUT2D eigenvalue weighted by Gasteiger charge is -2.34. The van der Waals surface area contributed by atoms with Crippen molar-refractivity contribution < 1.29 is 9.84 Å². The van der Waals surface area contributed by atoms with Crippen LogP contribution in [0.5, 0.6) is 5.75 Å². The molecule has 0 amide bonds. The number of pyridine rings is 2. The Hall–Kier alpha value is -3.64. The lowest BCUT2D eigenvalue weighted by Crippen LogP contribution is -2.31. The maximum atomic E-state index is 9.98. The molecule has 0 saturated carbocycles. The van der Waals surface area contributed by atoms with Gasteiger partial charge in [0.15, 0.2) is 0 Å². The minimum Gasteiger partial charge on any atom is -0.486 e. The number of allylic oxidation sites excluding steroid dienone is 2. The number of hydrogen-bond donors (Lipinski definition) is 3. The average molecular weight is 473 g/mol. The third-order valence-corrected chi connectivity index (χ3v) is 6.50. The number of rotatable bonds is 9. The summed E-state index contributed by atoms with van der Waals surface area (Å²) in [6.07, 6.45) is 6.89. The Bertz CT molecular complexity index is 1160. The summed E-state index contributed by atoms with van der Waals surface area (Å²) in [6.45, 7) is 10.3. The van der Waals surface area contributed by atoms with Gasteiger partial charge in [0.05, 0.1) is 23.2 Å². The molecule has 0 saturated heterocycles. The Balaban J connectivity index is 1.80. The van der Waals surface area contributed by atoms with E-state index in [-0.39, 0.29) is 5.41 Å². The van der Waals surface area contributed by atoms with Crippen LogP contribution in [0.25, 0.3) is 5.70 Å². The largest absolute Gasteiger partial charge is 0.486 e. The van der Waals surface area contributed by atoms with Crippen LogP contribution in [0.4, 0.5) is 0 Å². The van der Waals surface area contributed by atoms with Crippen LogP contribution in [0.3, 0.4) is 0 Å². The third kappa shape index (κ3) is 6.28. The molecule has 1 atom stereocenters. The van der Waals surface area contributed by atoms with Crippen molar-refractivity contribution in [1.82, 2.24) is 9.97 Å². The van der Waals surface area contributed by atoms with Crippen molar-refractivity contribution in [2.75, 3.05) is 0 Å². The minimum atomic E-state index is -1.09. The number of ether oxygens (including phenoxy) is 1. The van der Waals surface area contributed by atoms with Crippen LogP contribution in [0, 0.1) is 5.92 Å². The quantitative estimate of drug-likeness (QED) is 0.381. The maximum Gasteiger partial charge on any atom is 0.138 e. The van der Waals surface area contributed by atoms with E-state index in [4.69, 9.17) is 21.2 Å². The minimum absolute atomic E-state index is 0.295. The molecular formula is C29H36N4O2. The van der Waals surface area contributed by atoms with Crippen molar-refractivity contribution in [1.29, 1.82) is 0 Å². The summed E-state index contributed by atoms with van der Waals surface area (Å²) in [5.41, 5.74) is 15.5. The predicted octanol–water partition coefficient (Wildman–Crippen LogP) is 4.93. The summed E-state index contributed by atoms with van der Waals surface area (Å²) >= 11 is 0. The fourth-order valence-corrected chi connectivity index (χ4v) is 3.68. The second kappa shape index (κ2) is 10.7. The molecule has 35 heavy (non-hydrogen) atoms. The first kappa shape index (κ1) is 26.0. The molecule has 3 rings (SSSR count). The van der Waals surface area contributed by atoms with Gasteiger partial charge >= 0.3 is 0 Å². The van der Waals surface area contributed by atoms with Crippen molar-refractivity contribution in [3.8, 4) is 5.75 Å². The van der Waals surface area contributed by atoms with Gasteiger partial charge in [-0.1, -0.05) is 44.2 Å². The monoisotopic (exact) mass is 472 g/mol. The molecule has 3 aromatic rings. The highest BCUT2D eigenvalue weighted by molar-refractivity contribution is 5.65. The van der Waals surface area contributed by atoms with Gasteiger partial charge in [0.25, 0.3) is 0 Å². The lowest BCUT2D eigenvalue weighted by atomic mass is 9.70. The van der Waals surface area contributed by atoms with E-state index in [0.29, 0.717) is 29.7 Å². The lowest BCUT2D eigenvalue weighted by molar-refractivity contribution is 0.118. The number of hydrogen-bond acceptors (Lipinski definition) is 6. The normalized spacial score (nSPS) is 14.6. The standard InChI is InChI=1S/C29H36N4O2/c1-20(2)29(5,27-16-13-24(18-33-27)35-19-23-8-6-7-17-32-23)22-11-9-21(10-12-22)25(30)14-15-26(31)28(3,4)34/h6-18,20,34H,19,30-31H2,1-5H3/b25-14-,26-15-. The van der Waals surface area contributed by atoms with Crippen LogP contribution in [-0.2, 0) is 12.0 Å². The molecule has 0 fully saturated rings. The smallest absolute Gasteiger partial charge is 0.138 e. The Morgan fingerprint density at radius 1 is 0.971 bits per heavy atom. The van der Waals surface area contributed by atoms with Crippen LogP contribution in [-0.4, -0.2) is 20.7 Å². The fourth-order valence-electron chi connectivity index (χ4n) is 3.68. The third-order valence-electron chi connectivity index (χ3n) is 6.50. The fraction of sp³-hybridized carbons (Fsp3) is 0.310. The Morgan fingerprint density at radius 2 is 1.69 bits per heavy atom. The topological polar surface area (TPSA) is 107 Å². The summed E-state index contributed by atoms with van der Waals surface area (Å²) in [5.74, 6) is 1.00. The van der Waals surface area contributed by atoms with E-state index in [1.165, 1.54) is 0 Å². The summed E-state index contributed by atoms with van der Waals surface area (Å²) in [5, 5.41) is 9.98.